The molecule has 0 spiro atoms. The van der Waals surface area contributed by atoms with Crippen molar-refractivity contribution in [1.82, 2.24) is 9.71 Å². The van der Waals surface area contributed by atoms with Gasteiger partial charge in [-0.2, -0.15) is 0 Å². The number of halogens is 1. The molecule has 0 aliphatic carbocycles. The first-order chi connectivity index (χ1) is 11.3. The molecule has 2 aromatic rings. The Bertz CT molecular complexity index is 862. The average molecular weight is 371 g/mol. The van der Waals surface area contributed by atoms with Crippen molar-refractivity contribution in [3.05, 3.63) is 57.5 Å². The highest BCUT2D eigenvalue weighted by Crippen LogP contribution is 2.20. The Morgan fingerprint density at radius 2 is 2.00 bits per heavy atom. The first kappa shape index (κ1) is 18.5. The topological polar surface area (TPSA) is 88.3 Å². The Balaban J connectivity index is 2.08. The molecule has 2 rings (SSSR count). The number of sulfonamides is 1. The third-order valence-corrected chi connectivity index (χ3v) is 4.99. The number of rotatable bonds is 7. The Labute approximate surface area is 145 Å². The lowest BCUT2D eigenvalue weighted by Gasteiger charge is -2.10. The predicted molar refractivity (Wildman–Crippen MR) is 92.9 cm³/mol. The normalized spacial score (nSPS) is 11.7. The first-order valence-corrected chi connectivity index (χ1v) is 9.24. The predicted octanol–water partition coefficient (Wildman–Crippen LogP) is 2.54. The van der Waals surface area contributed by atoms with E-state index in [-0.39, 0.29) is 27.6 Å². The highest BCUT2D eigenvalue weighted by Gasteiger charge is 2.17. The second-order valence-electron chi connectivity index (χ2n) is 5.65. The van der Waals surface area contributed by atoms with Gasteiger partial charge >= 0.3 is 0 Å². The molecule has 0 bridgehead atoms. The van der Waals surface area contributed by atoms with Crippen LogP contribution in [0.1, 0.15) is 19.5 Å². The molecular weight excluding hydrogens is 352 g/mol. The summed E-state index contributed by atoms with van der Waals surface area (Å²) in [6, 6.07) is 7.46. The number of nitrogens with one attached hydrogen (secondary N) is 2. The van der Waals surface area contributed by atoms with Crippen molar-refractivity contribution < 1.29 is 13.2 Å². The van der Waals surface area contributed by atoms with E-state index in [1.54, 1.807) is 12.1 Å². The summed E-state index contributed by atoms with van der Waals surface area (Å²) in [5.41, 5.74) is 0.119. The van der Waals surface area contributed by atoms with Crippen LogP contribution in [-0.4, -0.2) is 20.0 Å². The molecule has 8 heteroatoms. The molecule has 0 radical (unpaired) electrons. The largest absolute Gasteiger partial charge is 0.488 e. The highest BCUT2D eigenvalue weighted by molar-refractivity contribution is 7.89. The second kappa shape index (κ2) is 7.83. The summed E-state index contributed by atoms with van der Waals surface area (Å²) in [4.78, 5) is 14.8. The summed E-state index contributed by atoms with van der Waals surface area (Å²) in [7, 11) is -3.77. The van der Waals surface area contributed by atoms with Gasteiger partial charge in [-0.05, 0) is 18.1 Å². The Kier molecular flexibility index (Phi) is 6.04. The van der Waals surface area contributed by atoms with Crippen molar-refractivity contribution in [3.8, 4) is 5.75 Å². The number of hydrogen-bond donors (Lipinski definition) is 2. The molecular formula is C16H19ClN2O4S. The van der Waals surface area contributed by atoms with Gasteiger partial charge in [0.15, 0.2) is 5.75 Å². The van der Waals surface area contributed by atoms with Crippen LogP contribution < -0.4 is 14.9 Å². The SMILES string of the molecule is CC(C)COc1c[nH]c(CNS(=O)(=O)c2ccccc2Cl)cc1=O. The second-order valence-corrected chi connectivity index (χ2v) is 7.79. The van der Waals surface area contributed by atoms with Crippen LogP contribution in [0.25, 0.3) is 0 Å². The molecule has 0 aliphatic rings. The number of aromatic amines is 1. The van der Waals surface area contributed by atoms with Gasteiger partial charge in [0.05, 0.1) is 18.2 Å². The molecule has 0 aliphatic heterocycles. The first-order valence-electron chi connectivity index (χ1n) is 7.38. The van der Waals surface area contributed by atoms with Gasteiger partial charge in [-0.15, -0.1) is 0 Å². The van der Waals surface area contributed by atoms with E-state index in [2.05, 4.69) is 9.71 Å². The van der Waals surface area contributed by atoms with Gasteiger partial charge in [-0.25, -0.2) is 13.1 Å². The van der Waals surface area contributed by atoms with E-state index in [4.69, 9.17) is 16.3 Å². The third-order valence-electron chi connectivity index (χ3n) is 3.09. The molecule has 130 valence electrons. The summed E-state index contributed by atoms with van der Waals surface area (Å²) in [6.07, 6.45) is 1.43. The monoisotopic (exact) mass is 370 g/mol. The fraction of sp³-hybridized carbons (Fsp3) is 0.312. The minimum Gasteiger partial charge on any atom is -0.488 e. The molecule has 1 aromatic heterocycles. The number of hydrogen-bond acceptors (Lipinski definition) is 4. The summed E-state index contributed by atoms with van der Waals surface area (Å²) in [5.74, 6) is 0.507. The van der Waals surface area contributed by atoms with Crippen LogP contribution in [0.15, 0.2) is 46.2 Å². The molecule has 24 heavy (non-hydrogen) atoms. The number of benzene rings is 1. The fourth-order valence-electron chi connectivity index (χ4n) is 1.88. The summed E-state index contributed by atoms with van der Waals surface area (Å²) in [6.45, 7) is 4.33. The van der Waals surface area contributed by atoms with Gasteiger partial charge in [0.1, 0.15) is 4.90 Å². The zero-order valence-electron chi connectivity index (χ0n) is 13.4. The molecule has 0 fully saturated rings. The lowest BCUT2D eigenvalue weighted by Crippen LogP contribution is -2.25. The van der Waals surface area contributed by atoms with E-state index in [1.165, 1.54) is 24.4 Å². The fourth-order valence-corrected chi connectivity index (χ4v) is 3.41. The maximum absolute atomic E-state index is 12.2. The Morgan fingerprint density at radius 3 is 2.62 bits per heavy atom. The maximum Gasteiger partial charge on any atom is 0.242 e. The van der Waals surface area contributed by atoms with E-state index in [1.807, 2.05) is 13.8 Å². The Hall–Kier alpha value is -1.83. The minimum absolute atomic E-state index is 0.00843. The lowest BCUT2D eigenvalue weighted by molar-refractivity contribution is 0.267. The van der Waals surface area contributed by atoms with Crippen molar-refractivity contribution in [2.24, 2.45) is 5.92 Å². The van der Waals surface area contributed by atoms with Gasteiger partial charge in [0.2, 0.25) is 15.5 Å². The molecule has 0 amide bonds. The van der Waals surface area contributed by atoms with Crippen LogP contribution in [0, 0.1) is 5.92 Å². The quantitative estimate of drug-likeness (QED) is 0.783. The number of aromatic nitrogens is 1. The van der Waals surface area contributed by atoms with Crippen molar-refractivity contribution in [2.45, 2.75) is 25.3 Å². The zero-order valence-corrected chi connectivity index (χ0v) is 14.9. The molecule has 0 saturated heterocycles. The van der Waals surface area contributed by atoms with Crippen LogP contribution >= 0.6 is 11.6 Å². The van der Waals surface area contributed by atoms with Crippen LogP contribution in [0.4, 0.5) is 0 Å². The van der Waals surface area contributed by atoms with Crippen molar-refractivity contribution in [2.75, 3.05) is 6.61 Å². The van der Waals surface area contributed by atoms with Crippen molar-refractivity contribution in [3.63, 3.8) is 0 Å². The van der Waals surface area contributed by atoms with Crippen molar-refractivity contribution in [1.29, 1.82) is 0 Å². The van der Waals surface area contributed by atoms with E-state index in [0.29, 0.717) is 18.2 Å². The van der Waals surface area contributed by atoms with Crippen LogP contribution in [0.2, 0.25) is 5.02 Å². The standard InChI is InChI=1S/C16H19ClN2O4S/c1-11(2)10-23-15-9-18-12(7-14(15)20)8-19-24(21,22)16-6-4-3-5-13(16)17/h3-7,9,11,19H,8,10H2,1-2H3,(H,18,20). The smallest absolute Gasteiger partial charge is 0.242 e. The molecule has 0 saturated carbocycles. The van der Waals surface area contributed by atoms with E-state index < -0.39 is 10.0 Å². The lowest BCUT2D eigenvalue weighted by atomic mass is 10.2. The Morgan fingerprint density at radius 1 is 1.29 bits per heavy atom. The number of H-pyrrole nitrogens is 1. The molecule has 0 atom stereocenters. The van der Waals surface area contributed by atoms with Gasteiger partial charge in [0, 0.05) is 18.0 Å². The van der Waals surface area contributed by atoms with E-state index >= 15 is 0 Å². The highest BCUT2D eigenvalue weighted by atomic mass is 35.5. The molecule has 2 N–H and O–H groups in total. The number of pyridine rings is 1. The van der Waals surface area contributed by atoms with Gasteiger partial charge in [-0.1, -0.05) is 37.6 Å². The summed E-state index contributed by atoms with van der Waals surface area (Å²) >= 11 is 5.90. The third kappa shape index (κ3) is 4.83. The molecule has 0 unspecified atom stereocenters. The molecule has 1 heterocycles. The van der Waals surface area contributed by atoms with Crippen LogP contribution in [-0.2, 0) is 16.6 Å². The summed E-state index contributed by atoms with van der Waals surface area (Å²) in [5, 5.41) is 0.135. The minimum atomic E-state index is -3.77. The van der Waals surface area contributed by atoms with Crippen LogP contribution in [0.5, 0.6) is 5.75 Å². The van der Waals surface area contributed by atoms with Crippen LogP contribution in [0.3, 0.4) is 0 Å². The summed E-state index contributed by atoms with van der Waals surface area (Å²) < 4.78 is 32.3. The van der Waals surface area contributed by atoms with Gasteiger partial charge in [-0.3, -0.25) is 4.79 Å². The number of ether oxygens (including phenoxy) is 1. The van der Waals surface area contributed by atoms with Gasteiger partial charge in [0.25, 0.3) is 0 Å². The molecule has 6 nitrogen and oxygen atoms in total. The van der Waals surface area contributed by atoms with E-state index in [9.17, 15) is 13.2 Å². The maximum atomic E-state index is 12.2. The van der Waals surface area contributed by atoms with Crippen molar-refractivity contribution >= 4 is 21.6 Å². The average Bonchev–Trinajstić information content (AvgIpc) is 2.52. The van der Waals surface area contributed by atoms with E-state index in [0.717, 1.165) is 0 Å². The molecule has 1 aromatic carbocycles. The van der Waals surface area contributed by atoms with Gasteiger partial charge < -0.3 is 9.72 Å². The zero-order chi connectivity index (χ0) is 17.7.